The molecule has 0 saturated carbocycles. The highest BCUT2D eigenvalue weighted by Crippen LogP contribution is 2.11. The van der Waals surface area contributed by atoms with E-state index in [0.717, 1.165) is 19.5 Å². The van der Waals surface area contributed by atoms with Gasteiger partial charge in [-0.2, -0.15) is 5.10 Å². The average molecular weight is 258 g/mol. The molecule has 0 saturated heterocycles. The normalized spacial score (nSPS) is 11.7. The molecule has 0 unspecified atom stereocenters. The van der Waals surface area contributed by atoms with Gasteiger partial charge < -0.3 is 5.32 Å². The van der Waals surface area contributed by atoms with Crippen LogP contribution in [0.3, 0.4) is 0 Å². The van der Waals surface area contributed by atoms with Crippen LogP contribution in [-0.2, 0) is 13.0 Å². The van der Waals surface area contributed by atoms with Gasteiger partial charge in [-0.1, -0.05) is 24.3 Å². The lowest BCUT2D eigenvalue weighted by molar-refractivity contribution is 0.429. The Morgan fingerprint density at radius 2 is 1.89 bits per heavy atom. The number of rotatable bonds is 5. The average Bonchev–Trinajstić information content (AvgIpc) is 2.82. The monoisotopic (exact) mass is 258 g/mol. The molecule has 0 aliphatic rings. The van der Waals surface area contributed by atoms with Gasteiger partial charge in [-0.25, -0.2) is 9.67 Å². The van der Waals surface area contributed by atoms with E-state index in [1.54, 1.807) is 12.7 Å². The lowest BCUT2D eigenvalue weighted by atomic mass is 10.0. The Hall–Kier alpha value is -1.68. The minimum Gasteiger partial charge on any atom is -0.312 e. The molecule has 0 atom stereocenters. The zero-order valence-corrected chi connectivity index (χ0v) is 11.9. The molecule has 0 bridgehead atoms. The van der Waals surface area contributed by atoms with Crippen LogP contribution in [-0.4, -0.2) is 26.8 Å². The van der Waals surface area contributed by atoms with Gasteiger partial charge in [0.05, 0.1) is 6.54 Å². The van der Waals surface area contributed by atoms with Gasteiger partial charge in [0.25, 0.3) is 0 Å². The van der Waals surface area contributed by atoms with E-state index in [9.17, 15) is 0 Å². The molecule has 0 aliphatic carbocycles. The molecule has 0 aliphatic heterocycles. The van der Waals surface area contributed by atoms with Gasteiger partial charge >= 0.3 is 0 Å². The fourth-order valence-corrected chi connectivity index (χ4v) is 2.02. The SMILES string of the molecule is CC(C)(C)NCCc1ccccc1Cn1cncn1. The summed E-state index contributed by atoms with van der Waals surface area (Å²) in [5, 5.41) is 7.68. The van der Waals surface area contributed by atoms with Crippen LogP contribution in [0.4, 0.5) is 0 Å². The number of aromatic nitrogens is 3. The first kappa shape index (κ1) is 13.7. The van der Waals surface area contributed by atoms with E-state index in [1.165, 1.54) is 11.1 Å². The molecular weight excluding hydrogens is 236 g/mol. The molecule has 0 radical (unpaired) electrons. The van der Waals surface area contributed by atoms with Gasteiger partial charge in [0.15, 0.2) is 0 Å². The van der Waals surface area contributed by atoms with Crippen molar-refractivity contribution in [3.8, 4) is 0 Å². The molecule has 19 heavy (non-hydrogen) atoms. The Labute approximate surface area is 114 Å². The van der Waals surface area contributed by atoms with Gasteiger partial charge in [-0.15, -0.1) is 0 Å². The Bertz CT molecular complexity index is 497. The van der Waals surface area contributed by atoms with Crippen LogP contribution in [0, 0.1) is 0 Å². The minimum atomic E-state index is 0.168. The minimum absolute atomic E-state index is 0.168. The van der Waals surface area contributed by atoms with Crippen molar-refractivity contribution in [3.63, 3.8) is 0 Å². The van der Waals surface area contributed by atoms with Crippen molar-refractivity contribution >= 4 is 0 Å². The molecule has 0 spiro atoms. The largest absolute Gasteiger partial charge is 0.312 e. The molecule has 2 aromatic rings. The highest BCUT2D eigenvalue weighted by Gasteiger charge is 2.09. The maximum atomic E-state index is 4.16. The predicted octanol–water partition coefficient (Wildman–Crippen LogP) is 2.26. The summed E-state index contributed by atoms with van der Waals surface area (Å²) in [6.45, 7) is 8.33. The molecule has 0 fully saturated rings. The predicted molar refractivity (Wildman–Crippen MR) is 77.0 cm³/mol. The number of nitrogens with zero attached hydrogens (tertiary/aromatic N) is 3. The molecule has 4 heteroatoms. The van der Waals surface area contributed by atoms with E-state index in [1.807, 2.05) is 4.68 Å². The summed E-state index contributed by atoms with van der Waals surface area (Å²) in [5.41, 5.74) is 2.85. The third kappa shape index (κ3) is 4.48. The second kappa shape index (κ2) is 5.97. The van der Waals surface area contributed by atoms with Crippen molar-refractivity contribution in [1.82, 2.24) is 20.1 Å². The van der Waals surface area contributed by atoms with E-state index >= 15 is 0 Å². The van der Waals surface area contributed by atoms with E-state index in [4.69, 9.17) is 0 Å². The molecule has 0 amide bonds. The van der Waals surface area contributed by atoms with Crippen LogP contribution in [0.25, 0.3) is 0 Å². The van der Waals surface area contributed by atoms with Crippen LogP contribution in [0.15, 0.2) is 36.9 Å². The summed E-state index contributed by atoms with van der Waals surface area (Å²) in [4.78, 5) is 3.98. The smallest absolute Gasteiger partial charge is 0.137 e. The highest BCUT2D eigenvalue weighted by molar-refractivity contribution is 5.27. The molecule has 1 aromatic carbocycles. The molecule has 2 rings (SSSR count). The Balaban J connectivity index is 2.00. The number of nitrogens with one attached hydrogen (secondary N) is 1. The Kier molecular flexibility index (Phi) is 4.32. The zero-order chi connectivity index (χ0) is 13.7. The second-order valence-electron chi connectivity index (χ2n) is 5.79. The van der Waals surface area contributed by atoms with E-state index < -0.39 is 0 Å². The zero-order valence-electron chi connectivity index (χ0n) is 11.9. The van der Waals surface area contributed by atoms with Crippen molar-refractivity contribution in [2.45, 2.75) is 39.3 Å². The summed E-state index contributed by atoms with van der Waals surface area (Å²) >= 11 is 0. The lowest BCUT2D eigenvalue weighted by Crippen LogP contribution is -2.37. The van der Waals surface area contributed by atoms with E-state index in [0.29, 0.717) is 0 Å². The first-order valence-electron chi connectivity index (χ1n) is 6.69. The Morgan fingerprint density at radius 1 is 1.16 bits per heavy atom. The molecule has 1 heterocycles. The summed E-state index contributed by atoms with van der Waals surface area (Å²) in [6, 6.07) is 8.52. The molecule has 1 aromatic heterocycles. The third-order valence-electron chi connectivity index (χ3n) is 2.97. The number of hydrogen-bond donors (Lipinski definition) is 1. The summed E-state index contributed by atoms with van der Waals surface area (Å²) in [5.74, 6) is 0. The molecule has 4 nitrogen and oxygen atoms in total. The third-order valence-corrected chi connectivity index (χ3v) is 2.97. The van der Waals surface area contributed by atoms with Crippen molar-refractivity contribution in [2.24, 2.45) is 0 Å². The lowest BCUT2D eigenvalue weighted by Gasteiger charge is -2.21. The van der Waals surface area contributed by atoms with Crippen LogP contribution in [0.2, 0.25) is 0 Å². The quantitative estimate of drug-likeness (QED) is 0.894. The number of benzene rings is 1. The first-order valence-corrected chi connectivity index (χ1v) is 6.69. The topological polar surface area (TPSA) is 42.7 Å². The van der Waals surface area contributed by atoms with E-state index in [2.05, 4.69) is 60.4 Å². The van der Waals surface area contributed by atoms with Crippen molar-refractivity contribution in [1.29, 1.82) is 0 Å². The Morgan fingerprint density at radius 3 is 2.53 bits per heavy atom. The summed E-state index contributed by atoms with van der Waals surface area (Å²) in [6.07, 6.45) is 4.36. The maximum Gasteiger partial charge on any atom is 0.137 e. The van der Waals surface area contributed by atoms with Crippen LogP contribution >= 0.6 is 0 Å². The van der Waals surface area contributed by atoms with Crippen LogP contribution < -0.4 is 5.32 Å². The van der Waals surface area contributed by atoms with Gasteiger partial charge in [-0.3, -0.25) is 0 Å². The maximum absolute atomic E-state index is 4.16. The van der Waals surface area contributed by atoms with Gasteiger partial charge in [0.1, 0.15) is 12.7 Å². The van der Waals surface area contributed by atoms with Gasteiger partial charge in [0, 0.05) is 5.54 Å². The molecule has 102 valence electrons. The van der Waals surface area contributed by atoms with Crippen LogP contribution in [0.1, 0.15) is 31.9 Å². The first-order chi connectivity index (χ1) is 9.04. The van der Waals surface area contributed by atoms with Gasteiger partial charge in [0.2, 0.25) is 0 Å². The highest BCUT2D eigenvalue weighted by atomic mass is 15.3. The van der Waals surface area contributed by atoms with Crippen molar-refractivity contribution in [3.05, 3.63) is 48.0 Å². The molecular formula is C15H22N4. The second-order valence-corrected chi connectivity index (χ2v) is 5.79. The number of hydrogen-bond acceptors (Lipinski definition) is 3. The van der Waals surface area contributed by atoms with Crippen molar-refractivity contribution < 1.29 is 0 Å². The van der Waals surface area contributed by atoms with Crippen molar-refractivity contribution in [2.75, 3.05) is 6.54 Å². The van der Waals surface area contributed by atoms with E-state index in [-0.39, 0.29) is 5.54 Å². The van der Waals surface area contributed by atoms with Gasteiger partial charge in [-0.05, 0) is 44.9 Å². The molecule has 1 N–H and O–H groups in total. The fourth-order valence-electron chi connectivity index (χ4n) is 2.02. The summed E-state index contributed by atoms with van der Waals surface area (Å²) < 4.78 is 1.86. The van der Waals surface area contributed by atoms with Crippen LogP contribution in [0.5, 0.6) is 0 Å². The standard InChI is InChI=1S/C15H22N4/c1-15(2,3)17-9-8-13-6-4-5-7-14(13)10-19-12-16-11-18-19/h4-7,11-12,17H,8-10H2,1-3H3. The fraction of sp³-hybridized carbons (Fsp3) is 0.467. The summed E-state index contributed by atoms with van der Waals surface area (Å²) in [7, 11) is 0.